The van der Waals surface area contributed by atoms with Gasteiger partial charge in [0, 0.05) is 12.2 Å². The highest BCUT2D eigenvalue weighted by Gasteiger charge is 2.08. The molecule has 0 bridgehead atoms. The first kappa shape index (κ1) is 17.7. The Balaban J connectivity index is 1.63. The van der Waals surface area contributed by atoms with E-state index in [-0.39, 0.29) is 5.91 Å². The maximum atomic E-state index is 12.3. The first-order chi connectivity index (χ1) is 12.5. The van der Waals surface area contributed by atoms with Gasteiger partial charge in [-0.25, -0.2) is 4.98 Å². The fourth-order valence-electron chi connectivity index (χ4n) is 2.79. The number of nitrogens with zero attached hydrogens (tertiary/aromatic N) is 1. The second-order valence-electron chi connectivity index (χ2n) is 6.48. The van der Waals surface area contributed by atoms with E-state index in [1.165, 1.54) is 11.1 Å². The number of hydrogen-bond donors (Lipinski definition) is 2. The van der Waals surface area contributed by atoms with E-state index in [0.29, 0.717) is 12.2 Å². The summed E-state index contributed by atoms with van der Waals surface area (Å²) in [5.74, 6) is -0.175. The molecule has 1 heterocycles. The highest BCUT2D eigenvalue weighted by Crippen LogP contribution is 2.21. The van der Waals surface area contributed by atoms with Gasteiger partial charge >= 0.3 is 0 Å². The molecule has 4 nitrogen and oxygen atoms in total. The summed E-state index contributed by atoms with van der Waals surface area (Å²) in [5.41, 5.74) is 6.96. The van der Waals surface area contributed by atoms with Gasteiger partial charge in [0.15, 0.2) is 0 Å². The summed E-state index contributed by atoms with van der Waals surface area (Å²) in [4.78, 5) is 16.6. The van der Waals surface area contributed by atoms with E-state index in [1.807, 2.05) is 43.3 Å². The Hall–Kier alpha value is -3.14. The predicted octanol–water partition coefficient (Wildman–Crippen LogP) is 4.68. The second kappa shape index (κ2) is 7.83. The average molecular weight is 345 g/mol. The maximum Gasteiger partial charge on any atom is 0.270 e. The molecule has 0 fully saturated rings. The van der Waals surface area contributed by atoms with Crippen molar-refractivity contribution >= 4 is 17.3 Å². The van der Waals surface area contributed by atoms with Gasteiger partial charge in [-0.3, -0.25) is 4.79 Å². The summed E-state index contributed by atoms with van der Waals surface area (Å²) in [7, 11) is 0. The molecule has 3 rings (SSSR count). The van der Waals surface area contributed by atoms with Gasteiger partial charge in [0.25, 0.3) is 5.91 Å². The molecular formula is C22H23N3O. The smallest absolute Gasteiger partial charge is 0.270 e. The Bertz CT molecular complexity index is 917. The molecule has 0 atom stereocenters. The van der Waals surface area contributed by atoms with Crippen LogP contribution >= 0.6 is 0 Å². The molecule has 0 aliphatic rings. The Morgan fingerprint density at radius 1 is 0.962 bits per heavy atom. The zero-order valence-corrected chi connectivity index (χ0v) is 15.3. The normalized spacial score (nSPS) is 10.4. The monoisotopic (exact) mass is 345 g/mol. The Morgan fingerprint density at radius 2 is 1.77 bits per heavy atom. The van der Waals surface area contributed by atoms with Crippen molar-refractivity contribution in [3.8, 4) is 0 Å². The topological polar surface area (TPSA) is 54.0 Å². The van der Waals surface area contributed by atoms with Crippen LogP contribution in [0.3, 0.4) is 0 Å². The van der Waals surface area contributed by atoms with Gasteiger partial charge in [-0.05, 0) is 55.7 Å². The van der Waals surface area contributed by atoms with Gasteiger partial charge in [0.1, 0.15) is 5.69 Å². The summed E-state index contributed by atoms with van der Waals surface area (Å²) in [6.45, 7) is 6.67. The molecule has 1 amide bonds. The number of carbonyl (C=O) groups excluding carboxylic acids is 1. The average Bonchev–Trinajstić information content (AvgIpc) is 2.64. The zero-order chi connectivity index (χ0) is 18.5. The van der Waals surface area contributed by atoms with Crippen molar-refractivity contribution in [3.05, 3.63) is 88.7 Å². The number of aryl methyl sites for hydroxylation is 3. The van der Waals surface area contributed by atoms with Crippen LogP contribution in [0.15, 0.2) is 60.8 Å². The Kier molecular flexibility index (Phi) is 5.32. The van der Waals surface area contributed by atoms with Crippen molar-refractivity contribution in [1.82, 2.24) is 10.3 Å². The standard InChI is InChI=1S/C22H23N3O/c1-15-8-10-20(17(3)12-15)25-19-9-11-21(23-14-19)22(26)24-13-18-7-5-4-6-16(18)2/h4-12,14,25H,13H2,1-3H3,(H,24,26). The van der Waals surface area contributed by atoms with Crippen molar-refractivity contribution in [2.24, 2.45) is 0 Å². The van der Waals surface area contributed by atoms with Crippen LogP contribution < -0.4 is 10.6 Å². The molecule has 3 aromatic rings. The lowest BCUT2D eigenvalue weighted by Crippen LogP contribution is -2.24. The van der Waals surface area contributed by atoms with Crippen LogP contribution in [-0.4, -0.2) is 10.9 Å². The maximum absolute atomic E-state index is 12.3. The number of benzene rings is 2. The van der Waals surface area contributed by atoms with Crippen molar-refractivity contribution in [1.29, 1.82) is 0 Å². The van der Waals surface area contributed by atoms with E-state index in [2.05, 4.69) is 41.6 Å². The van der Waals surface area contributed by atoms with Crippen molar-refractivity contribution in [2.75, 3.05) is 5.32 Å². The molecule has 0 saturated carbocycles. The lowest BCUT2D eigenvalue weighted by Gasteiger charge is -2.11. The predicted molar refractivity (Wildman–Crippen MR) is 106 cm³/mol. The van der Waals surface area contributed by atoms with E-state index in [0.717, 1.165) is 22.5 Å². The Labute approximate surface area is 154 Å². The molecule has 0 unspecified atom stereocenters. The number of anilines is 2. The van der Waals surface area contributed by atoms with E-state index < -0.39 is 0 Å². The van der Waals surface area contributed by atoms with Crippen molar-refractivity contribution < 1.29 is 4.79 Å². The molecule has 2 aromatic carbocycles. The van der Waals surface area contributed by atoms with Crippen LogP contribution in [0.1, 0.15) is 32.7 Å². The third kappa shape index (κ3) is 4.28. The number of hydrogen-bond acceptors (Lipinski definition) is 3. The summed E-state index contributed by atoms with van der Waals surface area (Å²) < 4.78 is 0. The summed E-state index contributed by atoms with van der Waals surface area (Å²) in [6.07, 6.45) is 1.68. The first-order valence-electron chi connectivity index (χ1n) is 8.66. The zero-order valence-electron chi connectivity index (χ0n) is 15.3. The summed E-state index contributed by atoms with van der Waals surface area (Å²) in [5, 5.41) is 6.26. The second-order valence-corrected chi connectivity index (χ2v) is 6.48. The van der Waals surface area contributed by atoms with Crippen LogP contribution in [0.2, 0.25) is 0 Å². The van der Waals surface area contributed by atoms with Crippen LogP contribution in [-0.2, 0) is 6.54 Å². The molecule has 4 heteroatoms. The highest BCUT2D eigenvalue weighted by molar-refractivity contribution is 5.92. The van der Waals surface area contributed by atoms with Gasteiger partial charge < -0.3 is 10.6 Å². The third-order valence-electron chi connectivity index (χ3n) is 4.36. The molecule has 0 aliphatic heterocycles. The number of pyridine rings is 1. The molecule has 1 aromatic heterocycles. The van der Waals surface area contributed by atoms with E-state index in [4.69, 9.17) is 0 Å². The molecule has 0 radical (unpaired) electrons. The molecule has 0 aliphatic carbocycles. The largest absolute Gasteiger partial charge is 0.354 e. The number of rotatable bonds is 5. The van der Waals surface area contributed by atoms with Crippen molar-refractivity contribution in [2.45, 2.75) is 27.3 Å². The van der Waals surface area contributed by atoms with Gasteiger partial charge in [-0.1, -0.05) is 42.0 Å². The van der Waals surface area contributed by atoms with Crippen molar-refractivity contribution in [3.63, 3.8) is 0 Å². The van der Waals surface area contributed by atoms with E-state index in [9.17, 15) is 4.79 Å². The quantitative estimate of drug-likeness (QED) is 0.706. The number of aromatic nitrogens is 1. The lowest BCUT2D eigenvalue weighted by molar-refractivity contribution is 0.0946. The molecule has 26 heavy (non-hydrogen) atoms. The first-order valence-corrected chi connectivity index (χ1v) is 8.66. The summed E-state index contributed by atoms with van der Waals surface area (Å²) >= 11 is 0. The van der Waals surface area contributed by atoms with E-state index >= 15 is 0 Å². The lowest BCUT2D eigenvalue weighted by atomic mass is 10.1. The number of nitrogens with one attached hydrogen (secondary N) is 2. The minimum Gasteiger partial charge on any atom is -0.354 e. The van der Waals surface area contributed by atoms with Gasteiger partial charge in [0.05, 0.1) is 11.9 Å². The number of carbonyl (C=O) groups is 1. The van der Waals surface area contributed by atoms with Crippen LogP contribution in [0.5, 0.6) is 0 Å². The van der Waals surface area contributed by atoms with Gasteiger partial charge in [0.2, 0.25) is 0 Å². The van der Waals surface area contributed by atoms with Gasteiger partial charge in [-0.2, -0.15) is 0 Å². The third-order valence-corrected chi connectivity index (χ3v) is 4.36. The van der Waals surface area contributed by atoms with E-state index in [1.54, 1.807) is 12.3 Å². The molecule has 132 valence electrons. The Morgan fingerprint density at radius 3 is 2.46 bits per heavy atom. The minimum atomic E-state index is -0.175. The molecule has 0 saturated heterocycles. The van der Waals surface area contributed by atoms with Crippen LogP contribution in [0.4, 0.5) is 11.4 Å². The molecular weight excluding hydrogens is 322 g/mol. The van der Waals surface area contributed by atoms with Gasteiger partial charge in [-0.15, -0.1) is 0 Å². The fourth-order valence-corrected chi connectivity index (χ4v) is 2.79. The SMILES string of the molecule is Cc1ccc(Nc2ccc(C(=O)NCc3ccccc3C)nc2)c(C)c1. The molecule has 0 spiro atoms. The molecule has 2 N–H and O–H groups in total. The fraction of sp³-hybridized carbons (Fsp3) is 0.182. The van der Waals surface area contributed by atoms with Crippen LogP contribution in [0.25, 0.3) is 0 Å². The number of amides is 1. The highest BCUT2D eigenvalue weighted by atomic mass is 16.1. The summed E-state index contributed by atoms with van der Waals surface area (Å²) in [6, 6.07) is 17.9. The minimum absolute atomic E-state index is 0.175. The van der Waals surface area contributed by atoms with Crippen LogP contribution in [0, 0.1) is 20.8 Å².